The fourth-order valence-electron chi connectivity index (χ4n) is 1.47. The van der Waals surface area contributed by atoms with E-state index in [4.69, 9.17) is 4.74 Å². The molecule has 0 aromatic carbocycles. The van der Waals surface area contributed by atoms with Crippen molar-refractivity contribution in [1.29, 1.82) is 0 Å². The zero-order valence-corrected chi connectivity index (χ0v) is 9.64. The van der Waals surface area contributed by atoms with Crippen LogP contribution in [0.15, 0.2) is 6.20 Å². The lowest BCUT2D eigenvalue weighted by Crippen LogP contribution is -2.08. The van der Waals surface area contributed by atoms with E-state index in [1.165, 1.54) is 0 Å². The summed E-state index contributed by atoms with van der Waals surface area (Å²) in [5.74, 6) is 0.878. The van der Waals surface area contributed by atoms with Crippen LogP contribution < -0.4 is 4.74 Å². The Labute approximate surface area is 95.1 Å². The topological polar surface area (TPSA) is 52.1 Å². The first-order valence-corrected chi connectivity index (χ1v) is 5.65. The van der Waals surface area contributed by atoms with Crippen molar-refractivity contribution in [3.63, 3.8) is 0 Å². The van der Waals surface area contributed by atoms with Crippen LogP contribution in [-0.2, 0) is 0 Å². The van der Waals surface area contributed by atoms with Crippen molar-refractivity contribution in [2.75, 3.05) is 6.61 Å². The lowest BCUT2D eigenvalue weighted by Gasteiger charge is -2.08. The minimum absolute atomic E-state index is 0.390. The van der Waals surface area contributed by atoms with Crippen molar-refractivity contribution in [2.45, 2.75) is 32.6 Å². The number of hydrogen-bond donors (Lipinski definition) is 0. The van der Waals surface area contributed by atoms with Crippen LogP contribution in [0.25, 0.3) is 0 Å². The van der Waals surface area contributed by atoms with Gasteiger partial charge in [0.15, 0.2) is 6.29 Å². The maximum absolute atomic E-state index is 10.8. The Bertz CT molecular complexity index is 387. The molecule has 0 amide bonds. The Kier molecular flexibility index (Phi) is 3.17. The van der Waals surface area contributed by atoms with Crippen molar-refractivity contribution in [3.8, 4) is 6.01 Å². The summed E-state index contributed by atoms with van der Waals surface area (Å²) >= 11 is 0. The molecular formula is C12H16N2O2. The molecule has 0 atom stereocenters. The van der Waals surface area contributed by atoms with E-state index in [1.807, 2.05) is 0 Å². The summed E-state index contributed by atoms with van der Waals surface area (Å²) in [5.41, 5.74) is 1.45. The third-order valence-corrected chi connectivity index (χ3v) is 2.46. The zero-order chi connectivity index (χ0) is 11.5. The molecule has 0 spiro atoms. The summed E-state index contributed by atoms with van der Waals surface area (Å²) in [6.07, 6.45) is 4.60. The van der Waals surface area contributed by atoms with Gasteiger partial charge in [-0.15, -0.1) is 0 Å². The van der Waals surface area contributed by atoms with Gasteiger partial charge in [0.25, 0.3) is 0 Å². The first-order chi connectivity index (χ1) is 7.70. The van der Waals surface area contributed by atoms with Crippen LogP contribution >= 0.6 is 0 Å². The molecule has 1 aromatic heterocycles. The van der Waals surface area contributed by atoms with Crippen molar-refractivity contribution >= 4 is 6.29 Å². The van der Waals surface area contributed by atoms with Crippen molar-refractivity contribution in [3.05, 3.63) is 17.5 Å². The van der Waals surface area contributed by atoms with Crippen molar-refractivity contribution in [1.82, 2.24) is 9.97 Å². The highest BCUT2D eigenvalue weighted by molar-refractivity contribution is 5.76. The number of aromatic nitrogens is 2. The quantitative estimate of drug-likeness (QED) is 0.714. The minimum atomic E-state index is 0.390. The van der Waals surface area contributed by atoms with Gasteiger partial charge in [-0.05, 0) is 18.8 Å². The number of hydrogen-bond acceptors (Lipinski definition) is 4. The second-order valence-corrected chi connectivity index (χ2v) is 4.59. The number of nitrogens with zero attached hydrogens (tertiary/aromatic N) is 2. The van der Waals surface area contributed by atoms with Crippen molar-refractivity contribution < 1.29 is 9.53 Å². The molecule has 1 fully saturated rings. The summed E-state index contributed by atoms with van der Waals surface area (Å²) in [6.45, 7) is 4.74. The van der Waals surface area contributed by atoms with E-state index in [0.29, 0.717) is 30.0 Å². The predicted octanol–water partition coefficient (Wildman–Crippen LogP) is 2.20. The Balaban J connectivity index is 2.14. The Morgan fingerprint density at radius 3 is 2.88 bits per heavy atom. The Morgan fingerprint density at radius 1 is 1.56 bits per heavy atom. The summed E-state index contributed by atoms with van der Waals surface area (Å²) in [5, 5.41) is 0. The van der Waals surface area contributed by atoms with Gasteiger partial charge < -0.3 is 4.74 Å². The number of carbonyl (C=O) groups excluding carboxylic acids is 1. The smallest absolute Gasteiger partial charge is 0.316 e. The summed E-state index contributed by atoms with van der Waals surface area (Å²) < 4.78 is 5.45. The van der Waals surface area contributed by atoms with Gasteiger partial charge in [0, 0.05) is 12.1 Å². The molecule has 0 radical (unpaired) electrons. The van der Waals surface area contributed by atoms with Crippen LogP contribution in [0.1, 0.15) is 48.7 Å². The second kappa shape index (κ2) is 4.60. The zero-order valence-electron chi connectivity index (χ0n) is 9.64. The Morgan fingerprint density at radius 2 is 2.31 bits per heavy atom. The second-order valence-electron chi connectivity index (χ2n) is 4.59. The van der Waals surface area contributed by atoms with Gasteiger partial charge in [-0.1, -0.05) is 13.8 Å². The van der Waals surface area contributed by atoms with Crippen LogP contribution in [0.5, 0.6) is 6.01 Å². The molecule has 1 saturated carbocycles. The average molecular weight is 220 g/mol. The molecule has 4 nitrogen and oxygen atoms in total. The summed E-state index contributed by atoms with van der Waals surface area (Å²) in [6, 6.07) is 0.390. The molecule has 1 heterocycles. The number of ether oxygens (including phenoxy) is 1. The lowest BCUT2D eigenvalue weighted by molar-refractivity contribution is 0.112. The van der Waals surface area contributed by atoms with E-state index in [2.05, 4.69) is 23.8 Å². The minimum Gasteiger partial charge on any atom is -0.463 e. The summed E-state index contributed by atoms with van der Waals surface area (Å²) in [7, 11) is 0. The predicted molar refractivity (Wildman–Crippen MR) is 59.7 cm³/mol. The van der Waals surface area contributed by atoms with Crippen LogP contribution in [0, 0.1) is 5.92 Å². The van der Waals surface area contributed by atoms with Gasteiger partial charge in [0.05, 0.1) is 17.9 Å². The maximum Gasteiger partial charge on any atom is 0.316 e. The number of aldehydes is 1. The molecule has 2 rings (SSSR count). The Hall–Kier alpha value is -1.45. The highest BCUT2D eigenvalue weighted by Crippen LogP contribution is 2.40. The average Bonchev–Trinajstić information content (AvgIpc) is 3.09. The van der Waals surface area contributed by atoms with Gasteiger partial charge in [0.1, 0.15) is 0 Å². The molecule has 0 saturated heterocycles. The molecule has 16 heavy (non-hydrogen) atoms. The van der Waals surface area contributed by atoms with Gasteiger partial charge in [-0.3, -0.25) is 4.79 Å². The van der Waals surface area contributed by atoms with E-state index in [9.17, 15) is 4.79 Å². The molecule has 86 valence electrons. The lowest BCUT2D eigenvalue weighted by atomic mass is 10.2. The maximum atomic E-state index is 10.8. The molecular weight excluding hydrogens is 204 g/mol. The standard InChI is InChI=1S/C12H16N2O2/c1-8(2)7-16-12-13-5-10(6-15)11(14-12)9-3-4-9/h5-6,8-9H,3-4,7H2,1-2H3. The highest BCUT2D eigenvalue weighted by Gasteiger charge is 2.28. The SMILES string of the molecule is CC(C)COc1ncc(C=O)c(C2CC2)n1. The van der Waals surface area contributed by atoms with Crippen LogP contribution in [0.2, 0.25) is 0 Å². The molecule has 0 aliphatic heterocycles. The van der Waals surface area contributed by atoms with E-state index < -0.39 is 0 Å². The normalized spacial score (nSPS) is 15.2. The third-order valence-electron chi connectivity index (χ3n) is 2.46. The largest absolute Gasteiger partial charge is 0.463 e. The molecule has 1 aliphatic rings. The van der Waals surface area contributed by atoms with E-state index in [1.54, 1.807) is 6.20 Å². The van der Waals surface area contributed by atoms with Crippen LogP contribution in [0.4, 0.5) is 0 Å². The molecule has 1 aliphatic carbocycles. The summed E-state index contributed by atoms with van der Waals surface area (Å²) in [4.78, 5) is 19.2. The van der Waals surface area contributed by atoms with E-state index in [-0.39, 0.29) is 0 Å². The molecule has 0 bridgehead atoms. The van der Waals surface area contributed by atoms with Gasteiger partial charge >= 0.3 is 6.01 Å². The molecule has 4 heteroatoms. The molecule has 1 aromatic rings. The van der Waals surface area contributed by atoms with Gasteiger partial charge in [-0.2, -0.15) is 4.98 Å². The monoisotopic (exact) mass is 220 g/mol. The van der Waals surface area contributed by atoms with E-state index >= 15 is 0 Å². The first-order valence-electron chi connectivity index (χ1n) is 5.65. The van der Waals surface area contributed by atoms with Crippen molar-refractivity contribution in [2.24, 2.45) is 5.92 Å². The fourth-order valence-corrected chi connectivity index (χ4v) is 1.47. The number of carbonyl (C=O) groups is 1. The molecule has 0 unspecified atom stereocenters. The first kappa shape index (κ1) is 11.0. The fraction of sp³-hybridized carbons (Fsp3) is 0.583. The van der Waals surface area contributed by atoms with Gasteiger partial charge in [0.2, 0.25) is 0 Å². The van der Waals surface area contributed by atoms with Gasteiger partial charge in [-0.25, -0.2) is 4.98 Å². The van der Waals surface area contributed by atoms with E-state index in [0.717, 1.165) is 24.8 Å². The third kappa shape index (κ3) is 2.56. The van der Waals surface area contributed by atoms with Crippen LogP contribution in [0.3, 0.4) is 0 Å². The van der Waals surface area contributed by atoms with Crippen LogP contribution in [-0.4, -0.2) is 22.9 Å². The highest BCUT2D eigenvalue weighted by atomic mass is 16.5. The molecule has 0 N–H and O–H groups in total. The number of rotatable bonds is 5.